The molecule has 0 saturated heterocycles. The zero-order valence-electron chi connectivity index (χ0n) is 12.7. The maximum absolute atomic E-state index is 12.3. The first kappa shape index (κ1) is 16.1. The Morgan fingerprint density at radius 1 is 1.32 bits per heavy atom. The highest BCUT2D eigenvalue weighted by Gasteiger charge is 2.13. The van der Waals surface area contributed by atoms with E-state index in [9.17, 15) is 4.79 Å². The van der Waals surface area contributed by atoms with Crippen LogP contribution in [0.5, 0.6) is 0 Å². The Kier molecular flexibility index (Phi) is 6.06. The van der Waals surface area contributed by atoms with Crippen LogP contribution in [0.15, 0.2) is 42.6 Å². The number of aromatic nitrogens is 1. The summed E-state index contributed by atoms with van der Waals surface area (Å²) >= 11 is 0. The first-order valence-corrected chi connectivity index (χ1v) is 7.27. The molecule has 0 radical (unpaired) electrons. The molecule has 1 heterocycles. The fourth-order valence-electron chi connectivity index (χ4n) is 2.19. The van der Waals surface area contributed by atoms with E-state index in [4.69, 9.17) is 10.5 Å². The van der Waals surface area contributed by atoms with Gasteiger partial charge in [0.2, 0.25) is 0 Å². The summed E-state index contributed by atoms with van der Waals surface area (Å²) in [5.74, 6) is -0.176. The normalized spacial score (nSPS) is 10.5. The quantitative estimate of drug-likeness (QED) is 0.766. The topological polar surface area (TPSA) is 77.2 Å². The van der Waals surface area contributed by atoms with Crippen LogP contribution in [0.4, 0.5) is 0 Å². The molecule has 0 aliphatic rings. The number of carbonyl (C=O) groups is 1. The van der Waals surface area contributed by atoms with Crippen LogP contribution >= 0.6 is 0 Å². The molecule has 0 saturated carbocycles. The van der Waals surface area contributed by atoms with Gasteiger partial charge in [-0.3, -0.25) is 9.78 Å². The second kappa shape index (κ2) is 8.26. The van der Waals surface area contributed by atoms with Crippen molar-refractivity contribution < 1.29 is 9.53 Å². The van der Waals surface area contributed by atoms with Gasteiger partial charge in [0, 0.05) is 38.6 Å². The van der Waals surface area contributed by atoms with Gasteiger partial charge in [-0.05, 0) is 29.7 Å². The zero-order valence-corrected chi connectivity index (χ0v) is 12.7. The molecule has 1 aromatic carbocycles. The van der Waals surface area contributed by atoms with E-state index < -0.39 is 0 Å². The molecule has 1 amide bonds. The Hall–Kier alpha value is -2.24. The average molecular weight is 299 g/mol. The lowest BCUT2D eigenvalue weighted by Crippen LogP contribution is -2.26. The Balaban J connectivity index is 2.20. The summed E-state index contributed by atoms with van der Waals surface area (Å²) in [5.41, 5.74) is 8.88. The lowest BCUT2D eigenvalue weighted by atomic mass is 10.0. The Bertz CT molecular complexity index is 629. The number of hydrogen-bond donors (Lipinski definition) is 2. The lowest BCUT2D eigenvalue weighted by molar-refractivity contribution is 0.0944. The van der Waals surface area contributed by atoms with E-state index >= 15 is 0 Å². The summed E-state index contributed by atoms with van der Waals surface area (Å²) in [7, 11) is 1.64. The van der Waals surface area contributed by atoms with Gasteiger partial charge in [0.25, 0.3) is 5.91 Å². The summed E-state index contributed by atoms with van der Waals surface area (Å²) in [6.45, 7) is 1.64. The van der Waals surface area contributed by atoms with Gasteiger partial charge >= 0.3 is 0 Å². The van der Waals surface area contributed by atoms with Crippen LogP contribution in [0.1, 0.15) is 22.5 Å². The average Bonchev–Trinajstić information content (AvgIpc) is 2.58. The molecule has 1 aromatic heterocycles. The molecule has 5 heteroatoms. The fraction of sp³-hybridized carbons (Fsp3) is 0.294. The molecule has 0 fully saturated rings. The van der Waals surface area contributed by atoms with Crippen LogP contribution in [0.3, 0.4) is 0 Å². The summed E-state index contributed by atoms with van der Waals surface area (Å²) in [6, 6.07) is 11.6. The number of nitrogens with one attached hydrogen (secondary N) is 1. The van der Waals surface area contributed by atoms with Gasteiger partial charge in [0.15, 0.2) is 0 Å². The molecule has 0 bridgehead atoms. The molecule has 0 aliphatic heterocycles. The van der Waals surface area contributed by atoms with E-state index in [0.29, 0.717) is 25.4 Å². The molecule has 0 spiro atoms. The third-order valence-electron chi connectivity index (χ3n) is 3.31. The maximum atomic E-state index is 12.3. The largest absolute Gasteiger partial charge is 0.385 e. The second-order valence-corrected chi connectivity index (χ2v) is 4.91. The van der Waals surface area contributed by atoms with Crippen molar-refractivity contribution in [3.05, 3.63) is 53.9 Å². The van der Waals surface area contributed by atoms with E-state index in [1.165, 1.54) is 0 Å². The van der Waals surface area contributed by atoms with Crippen LogP contribution in [0.2, 0.25) is 0 Å². The number of nitrogens with zero attached hydrogens (tertiary/aromatic N) is 1. The number of ether oxygens (including phenoxy) is 1. The molecule has 116 valence electrons. The van der Waals surface area contributed by atoms with Crippen molar-refractivity contribution in [2.24, 2.45) is 5.73 Å². The molecule has 22 heavy (non-hydrogen) atoms. The predicted molar refractivity (Wildman–Crippen MR) is 86.4 cm³/mol. The van der Waals surface area contributed by atoms with Crippen molar-refractivity contribution in [2.45, 2.75) is 13.0 Å². The van der Waals surface area contributed by atoms with Crippen LogP contribution < -0.4 is 11.1 Å². The fourth-order valence-corrected chi connectivity index (χ4v) is 2.19. The third-order valence-corrected chi connectivity index (χ3v) is 3.31. The van der Waals surface area contributed by atoms with E-state index in [2.05, 4.69) is 10.3 Å². The number of pyridine rings is 1. The molecule has 2 rings (SSSR count). The zero-order chi connectivity index (χ0) is 15.8. The highest BCUT2D eigenvalue weighted by atomic mass is 16.5. The minimum absolute atomic E-state index is 0.176. The van der Waals surface area contributed by atoms with Crippen molar-refractivity contribution in [1.82, 2.24) is 10.3 Å². The van der Waals surface area contributed by atoms with Crippen LogP contribution in [-0.4, -0.2) is 31.2 Å². The second-order valence-electron chi connectivity index (χ2n) is 4.91. The van der Waals surface area contributed by atoms with Crippen molar-refractivity contribution in [1.29, 1.82) is 0 Å². The smallest absolute Gasteiger partial charge is 0.270 e. The van der Waals surface area contributed by atoms with E-state index in [1.807, 2.05) is 36.4 Å². The van der Waals surface area contributed by atoms with Gasteiger partial charge in [-0.1, -0.05) is 24.3 Å². The number of methoxy groups -OCH3 is 1. The monoisotopic (exact) mass is 299 g/mol. The van der Waals surface area contributed by atoms with Crippen molar-refractivity contribution in [3.63, 3.8) is 0 Å². The Morgan fingerprint density at radius 2 is 2.18 bits per heavy atom. The number of nitrogens with two attached hydrogens (primary N) is 1. The number of benzene rings is 1. The van der Waals surface area contributed by atoms with E-state index in [-0.39, 0.29) is 5.91 Å². The van der Waals surface area contributed by atoms with Gasteiger partial charge in [-0.2, -0.15) is 0 Å². The van der Waals surface area contributed by atoms with Crippen LogP contribution in [-0.2, 0) is 11.3 Å². The molecule has 0 aliphatic carbocycles. The summed E-state index contributed by atoms with van der Waals surface area (Å²) in [4.78, 5) is 16.6. The molecule has 0 atom stereocenters. The molecule has 2 aromatic rings. The van der Waals surface area contributed by atoms with Crippen molar-refractivity contribution in [2.75, 3.05) is 20.3 Å². The molecular weight excluding hydrogens is 278 g/mol. The number of rotatable bonds is 7. The third kappa shape index (κ3) is 4.13. The maximum Gasteiger partial charge on any atom is 0.270 e. The predicted octanol–water partition coefficient (Wildman–Crippen LogP) is 1.97. The van der Waals surface area contributed by atoms with E-state index in [1.54, 1.807) is 13.3 Å². The number of hydrogen-bond acceptors (Lipinski definition) is 4. The first-order valence-electron chi connectivity index (χ1n) is 7.27. The summed E-state index contributed by atoms with van der Waals surface area (Å²) in [5, 5.41) is 2.87. The van der Waals surface area contributed by atoms with E-state index in [0.717, 1.165) is 23.1 Å². The van der Waals surface area contributed by atoms with Gasteiger partial charge in [-0.25, -0.2) is 0 Å². The number of amides is 1. The van der Waals surface area contributed by atoms with Gasteiger partial charge in [0.1, 0.15) is 5.69 Å². The van der Waals surface area contributed by atoms with Gasteiger partial charge in [-0.15, -0.1) is 0 Å². The lowest BCUT2D eigenvalue weighted by Gasteiger charge is -2.10. The van der Waals surface area contributed by atoms with Crippen molar-refractivity contribution in [3.8, 4) is 11.1 Å². The highest BCUT2D eigenvalue weighted by Crippen LogP contribution is 2.23. The number of carbonyl (C=O) groups excluding carboxylic acids is 1. The minimum Gasteiger partial charge on any atom is -0.385 e. The molecule has 5 nitrogen and oxygen atoms in total. The van der Waals surface area contributed by atoms with Crippen LogP contribution in [0, 0.1) is 0 Å². The van der Waals surface area contributed by atoms with Crippen LogP contribution in [0.25, 0.3) is 11.1 Å². The molecular formula is C17H21N3O2. The standard InChI is InChI=1S/C17H21N3O2/c1-22-10-4-9-20-17(21)16-15(7-3-8-19-16)14-6-2-5-13(11-14)12-18/h2-3,5-8,11H,4,9-10,12,18H2,1H3,(H,20,21). The molecule has 3 N–H and O–H groups in total. The van der Waals surface area contributed by atoms with Gasteiger partial charge in [0.05, 0.1) is 0 Å². The Morgan fingerprint density at radius 3 is 2.95 bits per heavy atom. The minimum atomic E-state index is -0.176. The van der Waals surface area contributed by atoms with Gasteiger partial charge < -0.3 is 15.8 Å². The Labute approximate surface area is 130 Å². The summed E-state index contributed by atoms with van der Waals surface area (Å²) < 4.78 is 4.97. The highest BCUT2D eigenvalue weighted by molar-refractivity contribution is 5.98. The SMILES string of the molecule is COCCCNC(=O)c1ncccc1-c1cccc(CN)c1. The first-order chi connectivity index (χ1) is 10.8. The van der Waals surface area contributed by atoms with Crippen molar-refractivity contribution >= 4 is 5.91 Å². The molecule has 0 unspecified atom stereocenters. The summed E-state index contributed by atoms with van der Waals surface area (Å²) in [6.07, 6.45) is 2.40.